The Bertz CT molecular complexity index is 1090. The summed E-state index contributed by atoms with van der Waals surface area (Å²) in [4.78, 5) is 21.6. The first kappa shape index (κ1) is 17.0. The number of nitrogens with zero attached hydrogens (tertiary/aromatic N) is 3. The van der Waals surface area contributed by atoms with Crippen LogP contribution in [0.25, 0.3) is 22.6 Å². The van der Waals surface area contributed by atoms with Gasteiger partial charge in [-0.25, -0.2) is 9.97 Å². The molecule has 1 amide bonds. The number of aryl methyl sites for hydroxylation is 1. The van der Waals surface area contributed by atoms with E-state index in [1.807, 2.05) is 73.7 Å². The van der Waals surface area contributed by atoms with Crippen LogP contribution in [0.3, 0.4) is 0 Å². The molecule has 0 atom stereocenters. The van der Waals surface area contributed by atoms with Gasteiger partial charge in [-0.1, -0.05) is 48.0 Å². The molecule has 2 heterocycles. The van der Waals surface area contributed by atoms with E-state index in [1.54, 1.807) is 6.20 Å². The summed E-state index contributed by atoms with van der Waals surface area (Å²) in [6, 6.07) is 21.5. The zero-order valence-electron chi connectivity index (χ0n) is 15.1. The second kappa shape index (κ2) is 7.41. The predicted molar refractivity (Wildman–Crippen MR) is 106 cm³/mol. The fourth-order valence-electron chi connectivity index (χ4n) is 3.15. The first-order chi connectivity index (χ1) is 13.2. The highest BCUT2D eigenvalue weighted by molar-refractivity contribution is 5.94. The number of hydrogen-bond acceptors (Lipinski definition) is 3. The van der Waals surface area contributed by atoms with E-state index in [2.05, 4.69) is 14.9 Å². The second-order valence-electron chi connectivity index (χ2n) is 6.42. The lowest BCUT2D eigenvalue weighted by Crippen LogP contribution is -2.27. The van der Waals surface area contributed by atoms with Crippen LogP contribution in [-0.4, -0.2) is 27.0 Å². The van der Waals surface area contributed by atoms with Gasteiger partial charge in [0.25, 0.3) is 5.91 Å². The quantitative estimate of drug-likeness (QED) is 0.591. The van der Waals surface area contributed by atoms with Crippen LogP contribution in [0.1, 0.15) is 15.9 Å². The summed E-state index contributed by atoms with van der Waals surface area (Å²) >= 11 is 0. The van der Waals surface area contributed by atoms with Crippen molar-refractivity contribution in [2.24, 2.45) is 0 Å². The van der Waals surface area contributed by atoms with Crippen LogP contribution in [0.15, 0.2) is 72.9 Å². The Balaban J connectivity index is 1.57. The number of amides is 1. The topological polar surface area (TPSA) is 59.8 Å². The smallest absolute Gasteiger partial charge is 0.251 e. The molecule has 0 spiro atoms. The molecule has 0 unspecified atom stereocenters. The molecule has 5 heteroatoms. The summed E-state index contributed by atoms with van der Waals surface area (Å²) in [5, 5.41) is 2.99. The molecular formula is C22H20N4O. The van der Waals surface area contributed by atoms with E-state index in [9.17, 15) is 4.79 Å². The fourth-order valence-corrected chi connectivity index (χ4v) is 3.15. The van der Waals surface area contributed by atoms with Crippen LogP contribution in [0.5, 0.6) is 0 Å². The van der Waals surface area contributed by atoms with Gasteiger partial charge in [0.05, 0.1) is 0 Å². The van der Waals surface area contributed by atoms with Gasteiger partial charge in [0.2, 0.25) is 0 Å². The van der Waals surface area contributed by atoms with Crippen LogP contribution in [0.4, 0.5) is 0 Å². The van der Waals surface area contributed by atoms with E-state index < -0.39 is 0 Å². The van der Waals surface area contributed by atoms with Crippen molar-refractivity contribution in [1.29, 1.82) is 0 Å². The second-order valence-corrected chi connectivity index (χ2v) is 6.42. The van der Waals surface area contributed by atoms with Crippen molar-refractivity contribution in [2.75, 3.05) is 6.54 Å². The average molecular weight is 356 g/mol. The maximum absolute atomic E-state index is 12.4. The Morgan fingerprint density at radius 3 is 2.70 bits per heavy atom. The zero-order valence-corrected chi connectivity index (χ0v) is 15.1. The van der Waals surface area contributed by atoms with Crippen molar-refractivity contribution in [3.8, 4) is 11.4 Å². The Labute approximate surface area is 157 Å². The van der Waals surface area contributed by atoms with Gasteiger partial charge >= 0.3 is 0 Å². The van der Waals surface area contributed by atoms with E-state index >= 15 is 0 Å². The van der Waals surface area contributed by atoms with Crippen molar-refractivity contribution in [2.45, 2.75) is 13.5 Å². The maximum atomic E-state index is 12.4. The van der Waals surface area contributed by atoms with Gasteiger partial charge in [-0.3, -0.25) is 4.79 Å². The van der Waals surface area contributed by atoms with Crippen LogP contribution in [0, 0.1) is 6.92 Å². The van der Waals surface area contributed by atoms with Crippen LogP contribution < -0.4 is 5.32 Å². The number of carbonyl (C=O) groups excluding carboxylic acids is 1. The molecule has 0 saturated heterocycles. The molecule has 2 aromatic heterocycles. The van der Waals surface area contributed by atoms with E-state index in [-0.39, 0.29) is 5.91 Å². The van der Waals surface area contributed by atoms with Gasteiger partial charge in [-0.15, -0.1) is 0 Å². The Morgan fingerprint density at radius 1 is 1.04 bits per heavy atom. The Morgan fingerprint density at radius 2 is 1.89 bits per heavy atom. The monoisotopic (exact) mass is 356 g/mol. The first-order valence-electron chi connectivity index (χ1n) is 8.94. The van der Waals surface area contributed by atoms with E-state index in [4.69, 9.17) is 4.98 Å². The summed E-state index contributed by atoms with van der Waals surface area (Å²) in [5.41, 5.74) is 4.44. The molecule has 4 rings (SSSR count). The summed E-state index contributed by atoms with van der Waals surface area (Å²) in [6.07, 6.45) is 1.76. The number of benzene rings is 2. The van der Waals surface area contributed by atoms with Gasteiger partial charge in [0, 0.05) is 30.4 Å². The van der Waals surface area contributed by atoms with Crippen molar-refractivity contribution in [1.82, 2.24) is 19.9 Å². The van der Waals surface area contributed by atoms with Gasteiger partial charge in [-0.05, 0) is 31.2 Å². The molecule has 27 heavy (non-hydrogen) atoms. The van der Waals surface area contributed by atoms with Crippen molar-refractivity contribution in [3.63, 3.8) is 0 Å². The number of aromatic nitrogens is 3. The van der Waals surface area contributed by atoms with Gasteiger partial charge in [0.15, 0.2) is 5.65 Å². The lowest BCUT2D eigenvalue weighted by molar-refractivity contribution is 0.0952. The highest BCUT2D eigenvalue weighted by Gasteiger charge is 2.13. The maximum Gasteiger partial charge on any atom is 0.251 e. The molecule has 4 aromatic rings. The number of imidazole rings is 1. The summed E-state index contributed by atoms with van der Waals surface area (Å²) in [5.74, 6) is 0.784. The minimum absolute atomic E-state index is 0.0719. The average Bonchev–Trinajstić information content (AvgIpc) is 3.07. The molecule has 0 radical (unpaired) electrons. The Kier molecular flexibility index (Phi) is 4.66. The van der Waals surface area contributed by atoms with Gasteiger partial charge in [0.1, 0.15) is 11.3 Å². The van der Waals surface area contributed by atoms with Crippen molar-refractivity contribution in [3.05, 3.63) is 84.1 Å². The number of fused-ring (bicyclic) bond motifs is 1. The minimum Gasteiger partial charge on any atom is -0.350 e. The third-order valence-electron chi connectivity index (χ3n) is 4.44. The summed E-state index contributed by atoms with van der Waals surface area (Å²) in [6.45, 7) is 3.07. The SMILES string of the molecule is Cc1cccc(C(=O)NCCn2c(-c3ccccc3)nc3cccnc32)c1. The predicted octanol–water partition coefficient (Wildman–Crippen LogP) is 3.84. The molecule has 0 aliphatic rings. The normalized spacial score (nSPS) is 10.9. The number of nitrogens with one attached hydrogen (secondary N) is 1. The third-order valence-corrected chi connectivity index (χ3v) is 4.44. The molecule has 1 N–H and O–H groups in total. The number of carbonyl (C=O) groups is 1. The molecule has 0 aliphatic heterocycles. The fraction of sp³-hybridized carbons (Fsp3) is 0.136. The number of hydrogen-bond donors (Lipinski definition) is 1. The van der Waals surface area contributed by atoms with Crippen LogP contribution >= 0.6 is 0 Å². The van der Waals surface area contributed by atoms with Crippen LogP contribution in [0.2, 0.25) is 0 Å². The molecule has 0 fully saturated rings. The van der Waals surface area contributed by atoms with E-state index in [0.717, 1.165) is 28.1 Å². The number of rotatable bonds is 5. The molecule has 0 bridgehead atoms. The molecule has 0 aliphatic carbocycles. The number of pyridine rings is 1. The van der Waals surface area contributed by atoms with Gasteiger partial charge < -0.3 is 9.88 Å². The van der Waals surface area contributed by atoms with Crippen LogP contribution in [-0.2, 0) is 6.54 Å². The largest absolute Gasteiger partial charge is 0.350 e. The third kappa shape index (κ3) is 3.58. The highest BCUT2D eigenvalue weighted by atomic mass is 16.1. The first-order valence-corrected chi connectivity index (χ1v) is 8.94. The molecule has 0 saturated carbocycles. The summed E-state index contributed by atoms with van der Waals surface area (Å²) < 4.78 is 2.06. The van der Waals surface area contributed by atoms with E-state index in [0.29, 0.717) is 18.7 Å². The van der Waals surface area contributed by atoms with Crippen molar-refractivity contribution >= 4 is 17.1 Å². The lowest BCUT2D eigenvalue weighted by Gasteiger charge is -2.10. The standard InChI is InChI=1S/C22H20N4O/c1-16-7-5-10-18(15-16)22(27)24-13-14-26-20(17-8-3-2-4-9-17)25-19-11-6-12-23-21(19)26/h2-12,15H,13-14H2,1H3,(H,24,27). The molecule has 2 aromatic carbocycles. The minimum atomic E-state index is -0.0719. The van der Waals surface area contributed by atoms with Gasteiger partial charge in [-0.2, -0.15) is 0 Å². The Hall–Kier alpha value is -3.47. The summed E-state index contributed by atoms with van der Waals surface area (Å²) in [7, 11) is 0. The lowest BCUT2D eigenvalue weighted by atomic mass is 10.1. The molecule has 134 valence electrons. The molecular weight excluding hydrogens is 336 g/mol. The van der Waals surface area contributed by atoms with Crippen molar-refractivity contribution < 1.29 is 4.79 Å². The highest BCUT2D eigenvalue weighted by Crippen LogP contribution is 2.23. The zero-order chi connectivity index (χ0) is 18.6. The van der Waals surface area contributed by atoms with E-state index in [1.165, 1.54) is 0 Å². The molecule has 5 nitrogen and oxygen atoms in total.